The van der Waals surface area contributed by atoms with E-state index in [2.05, 4.69) is 22.9 Å². The molecule has 0 fully saturated rings. The Labute approximate surface area is 120 Å². The summed E-state index contributed by atoms with van der Waals surface area (Å²) in [6, 6.07) is 5.49. The van der Waals surface area contributed by atoms with E-state index in [1.807, 2.05) is 24.3 Å². The Hall–Kier alpha value is -0.750. The summed E-state index contributed by atoms with van der Waals surface area (Å²) in [5, 5.41) is 11.1. The molecule has 0 aliphatic heterocycles. The van der Waals surface area contributed by atoms with E-state index in [0.29, 0.717) is 11.7 Å². The maximum atomic E-state index is 11.1. The molecule has 0 aliphatic rings. The Morgan fingerprint density at radius 2 is 2.22 bits per heavy atom. The zero-order valence-corrected chi connectivity index (χ0v) is 13.1. The summed E-state index contributed by atoms with van der Waals surface area (Å²) in [6.07, 6.45) is 3.01. The number of halogens is 1. The normalized spacial score (nSPS) is 12.2. The first kappa shape index (κ1) is 15.3. The summed E-state index contributed by atoms with van der Waals surface area (Å²) in [5.74, 6) is 0.959. The summed E-state index contributed by atoms with van der Waals surface area (Å²) in [4.78, 5) is 12.8. The van der Waals surface area contributed by atoms with E-state index in [0.717, 1.165) is 16.6 Å². The lowest BCUT2D eigenvalue weighted by molar-refractivity contribution is -0.384. The van der Waals surface area contributed by atoms with Crippen LogP contribution in [0.5, 0.6) is 0 Å². The zero-order chi connectivity index (χ0) is 13.7. The third-order valence-electron chi connectivity index (χ3n) is 2.89. The van der Waals surface area contributed by atoms with Crippen molar-refractivity contribution in [3.05, 3.63) is 32.8 Å². The Morgan fingerprint density at radius 1 is 1.56 bits per heavy atom. The van der Waals surface area contributed by atoms with Crippen molar-refractivity contribution in [1.29, 1.82) is 0 Å². The van der Waals surface area contributed by atoms with Gasteiger partial charge in [0.25, 0.3) is 5.69 Å². The van der Waals surface area contributed by atoms with Crippen LogP contribution in [0, 0.1) is 10.1 Å². The van der Waals surface area contributed by atoms with Gasteiger partial charge in [0.2, 0.25) is 0 Å². The molecular formula is C12H17BrN2O2S. The second kappa shape index (κ2) is 6.99. The number of hydrogen-bond acceptors (Lipinski definition) is 4. The molecule has 0 aromatic heterocycles. The van der Waals surface area contributed by atoms with E-state index in [1.165, 1.54) is 0 Å². The largest absolute Gasteiger partial charge is 0.365 e. The van der Waals surface area contributed by atoms with Crippen molar-refractivity contribution in [3.8, 4) is 0 Å². The summed E-state index contributed by atoms with van der Waals surface area (Å²) >= 11 is 5.03. The molecule has 0 N–H and O–H groups in total. The molecule has 100 valence electrons. The van der Waals surface area contributed by atoms with Crippen molar-refractivity contribution in [1.82, 2.24) is 0 Å². The molecule has 1 aromatic rings. The van der Waals surface area contributed by atoms with Crippen molar-refractivity contribution in [2.45, 2.75) is 19.4 Å². The molecular weight excluding hydrogens is 316 g/mol. The first-order valence-electron chi connectivity index (χ1n) is 5.67. The van der Waals surface area contributed by atoms with E-state index >= 15 is 0 Å². The quantitative estimate of drug-likeness (QED) is 0.584. The topological polar surface area (TPSA) is 46.4 Å². The Morgan fingerprint density at radius 3 is 2.72 bits per heavy atom. The van der Waals surface area contributed by atoms with Gasteiger partial charge in [-0.2, -0.15) is 11.8 Å². The lowest BCUT2D eigenvalue weighted by Crippen LogP contribution is -2.33. The van der Waals surface area contributed by atoms with Crippen LogP contribution in [0.15, 0.2) is 22.7 Å². The molecule has 6 heteroatoms. The highest BCUT2D eigenvalue weighted by atomic mass is 79.9. The van der Waals surface area contributed by atoms with E-state index in [1.54, 1.807) is 23.9 Å². The molecule has 0 spiro atoms. The van der Waals surface area contributed by atoms with Gasteiger partial charge in [-0.3, -0.25) is 10.1 Å². The van der Waals surface area contributed by atoms with E-state index < -0.39 is 0 Å². The fourth-order valence-corrected chi connectivity index (χ4v) is 3.03. The third-order valence-corrected chi connectivity index (χ3v) is 4.10. The van der Waals surface area contributed by atoms with E-state index in [4.69, 9.17) is 0 Å². The highest BCUT2D eigenvalue weighted by molar-refractivity contribution is 9.10. The van der Waals surface area contributed by atoms with Crippen molar-refractivity contribution < 1.29 is 4.92 Å². The second-order valence-corrected chi connectivity index (χ2v) is 5.84. The highest BCUT2D eigenvalue weighted by Gasteiger charge is 2.21. The van der Waals surface area contributed by atoms with Gasteiger partial charge in [-0.1, -0.05) is 22.9 Å². The van der Waals surface area contributed by atoms with Gasteiger partial charge in [-0.05, 0) is 24.8 Å². The number of hydrogen-bond donors (Lipinski definition) is 0. The fourth-order valence-electron chi connectivity index (χ4n) is 1.83. The number of thioether (sulfide) groups is 1. The summed E-state index contributed by atoms with van der Waals surface area (Å²) in [6.45, 7) is 2.10. The maximum absolute atomic E-state index is 11.1. The number of nitro benzene ring substituents is 1. The molecule has 4 nitrogen and oxygen atoms in total. The number of nitrogens with zero attached hydrogens (tertiary/aromatic N) is 2. The minimum Gasteiger partial charge on any atom is -0.365 e. The van der Waals surface area contributed by atoms with Crippen LogP contribution in [-0.4, -0.2) is 30.0 Å². The number of nitro groups is 1. The predicted octanol–water partition coefficient (Wildman–Crippen LogP) is 3.94. The summed E-state index contributed by atoms with van der Waals surface area (Å²) in [7, 11) is 1.92. The van der Waals surface area contributed by atoms with Gasteiger partial charge in [0, 0.05) is 29.4 Å². The van der Waals surface area contributed by atoms with E-state index in [-0.39, 0.29) is 10.6 Å². The van der Waals surface area contributed by atoms with Crippen molar-refractivity contribution >= 4 is 39.1 Å². The van der Waals surface area contributed by atoms with Gasteiger partial charge < -0.3 is 4.90 Å². The molecule has 0 saturated carbocycles. The molecule has 1 unspecified atom stereocenters. The van der Waals surface area contributed by atoms with Crippen LogP contribution in [0.1, 0.15) is 13.3 Å². The Bertz CT molecular complexity index is 429. The first-order chi connectivity index (χ1) is 8.51. The summed E-state index contributed by atoms with van der Waals surface area (Å²) in [5.41, 5.74) is 0.815. The van der Waals surface area contributed by atoms with Crippen LogP contribution < -0.4 is 4.90 Å². The minimum absolute atomic E-state index is 0.145. The van der Waals surface area contributed by atoms with Crippen LogP contribution in [0.4, 0.5) is 11.4 Å². The number of rotatable bonds is 6. The van der Waals surface area contributed by atoms with Crippen molar-refractivity contribution in [2.75, 3.05) is 24.0 Å². The van der Waals surface area contributed by atoms with E-state index in [9.17, 15) is 10.1 Å². The van der Waals surface area contributed by atoms with Gasteiger partial charge in [0.1, 0.15) is 5.69 Å². The van der Waals surface area contributed by atoms with Gasteiger partial charge in [0.15, 0.2) is 0 Å². The van der Waals surface area contributed by atoms with Gasteiger partial charge in [0.05, 0.1) is 4.92 Å². The zero-order valence-electron chi connectivity index (χ0n) is 10.7. The molecule has 0 amide bonds. The predicted molar refractivity (Wildman–Crippen MR) is 81.7 cm³/mol. The van der Waals surface area contributed by atoms with Gasteiger partial charge >= 0.3 is 0 Å². The molecule has 1 aromatic carbocycles. The maximum Gasteiger partial charge on any atom is 0.293 e. The highest BCUT2D eigenvalue weighted by Crippen LogP contribution is 2.32. The molecule has 0 aliphatic carbocycles. The lowest BCUT2D eigenvalue weighted by Gasteiger charge is -2.28. The van der Waals surface area contributed by atoms with Crippen LogP contribution in [-0.2, 0) is 0 Å². The molecule has 1 atom stereocenters. The third kappa shape index (κ3) is 3.62. The Balaban J connectivity index is 3.11. The molecule has 18 heavy (non-hydrogen) atoms. The van der Waals surface area contributed by atoms with Crippen LogP contribution in [0.25, 0.3) is 0 Å². The average Bonchev–Trinajstić information content (AvgIpc) is 2.35. The Kier molecular flexibility index (Phi) is 5.95. The smallest absolute Gasteiger partial charge is 0.293 e. The van der Waals surface area contributed by atoms with Crippen LogP contribution in [0.2, 0.25) is 0 Å². The first-order valence-corrected chi connectivity index (χ1v) is 7.85. The number of anilines is 1. The fraction of sp³-hybridized carbons (Fsp3) is 0.500. The molecule has 0 radical (unpaired) electrons. The number of benzene rings is 1. The second-order valence-electron chi connectivity index (χ2n) is 4.02. The van der Waals surface area contributed by atoms with Crippen LogP contribution in [0.3, 0.4) is 0 Å². The van der Waals surface area contributed by atoms with Gasteiger partial charge in [-0.25, -0.2) is 0 Å². The molecule has 0 heterocycles. The SMILES string of the molecule is CCC(CSC)N(C)c1ccc(Br)cc1[N+](=O)[O-]. The lowest BCUT2D eigenvalue weighted by atomic mass is 10.2. The van der Waals surface area contributed by atoms with Crippen molar-refractivity contribution in [3.63, 3.8) is 0 Å². The minimum atomic E-state index is -0.331. The van der Waals surface area contributed by atoms with Crippen molar-refractivity contribution in [2.24, 2.45) is 0 Å². The summed E-state index contributed by atoms with van der Waals surface area (Å²) < 4.78 is 0.726. The molecule has 0 saturated heterocycles. The molecule has 0 bridgehead atoms. The standard InChI is InChI=1S/C12H17BrN2O2S/c1-4-10(8-18-3)14(2)11-6-5-9(13)7-12(11)15(16)17/h5-7,10H,4,8H2,1-3H3. The van der Waals surface area contributed by atoms with Crippen LogP contribution >= 0.6 is 27.7 Å². The molecule has 1 rings (SSSR count). The van der Waals surface area contributed by atoms with Gasteiger partial charge in [-0.15, -0.1) is 0 Å². The average molecular weight is 333 g/mol. The monoisotopic (exact) mass is 332 g/mol.